The van der Waals surface area contributed by atoms with E-state index >= 15 is 0 Å². The van der Waals surface area contributed by atoms with Crippen molar-refractivity contribution < 1.29 is 14.0 Å². The summed E-state index contributed by atoms with van der Waals surface area (Å²) in [5.41, 5.74) is 0. The zero-order valence-corrected chi connectivity index (χ0v) is 15.0. The fraction of sp³-hybridized carbons (Fsp3) is 0.688. The number of hydrogen-bond donors (Lipinski definition) is 0. The Morgan fingerprint density at radius 2 is 1.65 bits per heavy atom. The summed E-state index contributed by atoms with van der Waals surface area (Å²) in [6.45, 7) is 21.8. The first-order valence-corrected chi connectivity index (χ1v) is 10.0. The van der Waals surface area contributed by atoms with Gasteiger partial charge in [-0.25, -0.2) is 0 Å². The SMILES string of the molecule is C=CC(C)OC(=O)[C@@H](C)[C@@H](C=C)O[Si](C)(C)C(C)(C)C. The van der Waals surface area contributed by atoms with Crippen LogP contribution in [0.2, 0.25) is 18.1 Å². The van der Waals surface area contributed by atoms with E-state index in [0.29, 0.717) is 0 Å². The van der Waals surface area contributed by atoms with Gasteiger partial charge in [-0.2, -0.15) is 0 Å². The molecule has 0 aromatic rings. The lowest BCUT2D eigenvalue weighted by Crippen LogP contribution is -2.46. The maximum Gasteiger partial charge on any atom is 0.312 e. The van der Waals surface area contributed by atoms with Gasteiger partial charge in [-0.3, -0.25) is 4.79 Å². The molecule has 0 N–H and O–H groups in total. The Morgan fingerprint density at radius 1 is 1.15 bits per heavy atom. The monoisotopic (exact) mass is 298 g/mol. The van der Waals surface area contributed by atoms with Gasteiger partial charge in [0.25, 0.3) is 0 Å². The zero-order chi connectivity index (χ0) is 16.1. The first-order valence-electron chi connectivity index (χ1n) is 7.09. The quantitative estimate of drug-likeness (QED) is 0.399. The van der Waals surface area contributed by atoms with E-state index in [1.807, 2.05) is 6.92 Å². The molecule has 0 aliphatic carbocycles. The third-order valence-corrected chi connectivity index (χ3v) is 8.44. The van der Waals surface area contributed by atoms with Crippen molar-refractivity contribution in [2.24, 2.45) is 5.92 Å². The van der Waals surface area contributed by atoms with E-state index in [9.17, 15) is 4.79 Å². The van der Waals surface area contributed by atoms with Gasteiger partial charge in [0.05, 0.1) is 12.0 Å². The van der Waals surface area contributed by atoms with Crippen LogP contribution in [0.5, 0.6) is 0 Å². The molecule has 0 saturated carbocycles. The smallest absolute Gasteiger partial charge is 0.312 e. The summed E-state index contributed by atoms with van der Waals surface area (Å²) in [5.74, 6) is -0.648. The molecule has 20 heavy (non-hydrogen) atoms. The van der Waals surface area contributed by atoms with Crippen LogP contribution in [0.3, 0.4) is 0 Å². The molecule has 0 bridgehead atoms. The molecule has 0 saturated heterocycles. The molecule has 0 aromatic heterocycles. The minimum absolute atomic E-state index is 0.0896. The van der Waals surface area contributed by atoms with E-state index in [0.717, 1.165) is 0 Å². The minimum Gasteiger partial charge on any atom is -0.458 e. The Hall–Kier alpha value is -0.873. The van der Waals surface area contributed by atoms with Crippen molar-refractivity contribution in [1.29, 1.82) is 0 Å². The lowest BCUT2D eigenvalue weighted by molar-refractivity contribution is -0.152. The summed E-state index contributed by atoms with van der Waals surface area (Å²) in [6, 6.07) is 0. The average Bonchev–Trinajstić information content (AvgIpc) is 2.33. The van der Waals surface area contributed by atoms with Crippen LogP contribution in [0.1, 0.15) is 34.6 Å². The molecule has 0 aliphatic heterocycles. The second-order valence-electron chi connectivity index (χ2n) is 6.74. The van der Waals surface area contributed by atoms with Crippen LogP contribution in [0, 0.1) is 5.92 Å². The predicted octanol–water partition coefficient (Wildman–Crippen LogP) is 4.32. The molecule has 0 radical (unpaired) electrons. The lowest BCUT2D eigenvalue weighted by Gasteiger charge is -2.39. The Labute approximate surface area is 125 Å². The molecule has 1 unspecified atom stereocenters. The van der Waals surface area contributed by atoms with E-state index in [2.05, 4.69) is 47.0 Å². The van der Waals surface area contributed by atoms with Crippen molar-refractivity contribution in [2.45, 2.75) is 65.0 Å². The van der Waals surface area contributed by atoms with Gasteiger partial charge < -0.3 is 9.16 Å². The van der Waals surface area contributed by atoms with Gasteiger partial charge in [0.15, 0.2) is 8.32 Å². The van der Waals surface area contributed by atoms with Crippen LogP contribution in [0.15, 0.2) is 25.3 Å². The van der Waals surface area contributed by atoms with Gasteiger partial charge in [0.1, 0.15) is 6.10 Å². The van der Waals surface area contributed by atoms with E-state index < -0.39 is 8.32 Å². The molecule has 0 rings (SSSR count). The number of hydrogen-bond acceptors (Lipinski definition) is 3. The first-order chi connectivity index (χ1) is 8.96. The van der Waals surface area contributed by atoms with Gasteiger partial charge in [-0.1, -0.05) is 39.5 Å². The second kappa shape index (κ2) is 7.23. The Balaban J connectivity index is 4.88. The molecule has 116 valence electrons. The third-order valence-electron chi connectivity index (χ3n) is 3.97. The summed E-state index contributed by atoms with van der Waals surface area (Å²) in [4.78, 5) is 12.1. The summed E-state index contributed by atoms with van der Waals surface area (Å²) < 4.78 is 11.5. The van der Waals surface area contributed by atoms with Gasteiger partial charge in [0, 0.05) is 0 Å². The van der Waals surface area contributed by atoms with Gasteiger partial charge >= 0.3 is 5.97 Å². The fourth-order valence-corrected chi connectivity index (χ4v) is 2.68. The highest BCUT2D eigenvalue weighted by molar-refractivity contribution is 6.74. The third kappa shape index (κ3) is 5.25. The van der Waals surface area contributed by atoms with Gasteiger partial charge in [-0.05, 0) is 32.0 Å². The van der Waals surface area contributed by atoms with Crippen LogP contribution in [0.25, 0.3) is 0 Å². The molecule has 3 nitrogen and oxygen atoms in total. The Morgan fingerprint density at radius 3 is 2.00 bits per heavy atom. The molecular weight excluding hydrogens is 268 g/mol. The topological polar surface area (TPSA) is 35.5 Å². The van der Waals surface area contributed by atoms with Crippen LogP contribution in [-0.2, 0) is 14.0 Å². The second-order valence-corrected chi connectivity index (χ2v) is 11.5. The Kier molecular flexibility index (Phi) is 6.91. The van der Waals surface area contributed by atoms with E-state index in [4.69, 9.17) is 9.16 Å². The fourth-order valence-electron chi connectivity index (χ4n) is 1.34. The molecule has 0 aromatic carbocycles. The molecule has 3 atom stereocenters. The van der Waals surface area contributed by atoms with Gasteiger partial charge in [-0.15, -0.1) is 6.58 Å². The molecule has 0 fully saturated rings. The number of esters is 1. The number of carbonyl (C=O) groups is 1. The maximum atomic E-state index is 12.1. The van der Waals surface area contributed by atoms with Crippen molar-refractivity contribution in [1.82, 2.24) is 0 Å². The predicted molar refractivity (Wildman–Crippen MR) is 87.2 cm³/mol. The van der Waals surface area contributed by atoms with Crippen molar-refractivity contribution >= 4 is 14.3 Å². The molecule has 0 amide bonds. The maximum absolute atomic E-state index is 12.1. The standard InChI is InChI=1S/C16H30O3Si/c1-10-12(3)18-15(17)13(4)14(11-2)19-20(8,9)16(5,6)7/h10-14H,1-2H2,3-9H3/t12?,13-,14+/m0/s1. The van der Waals surface area contributed by atoms with Crippen LogP contribution in [-0.4, -0.2) is 26.5 Å². The largest absolute Gasteiger partial charge is 0.458 e. The van der Waals surface area contributed by atoms with Crippen molar-refractivity contribution in [3.63, 3.8) is 0 Å². The summed E-state index contributed by atoms with van der Waals surface area (Å²) in [6.07, 6.45) is 2.69. The van der Waals surface area contributed by atoms with Crippen LogP contribution in [0.4, 0.5) is 0 Å². The van der Waals surface area contributed by atoms with E-state index in [1.165, 1.54) is 0 Å². The van der Waals surface area contributed by atoms with Crippen LogP contribution < -0.4 is 0 Å². The Bertz CT molecular complexity index is 355. The highest BCUT2D eigenvalue weighted by atomic mass is 28.4. The first kappa shape index (κ1) is 19.1. The summed E-state index contributed by atoms with van der Waals surface area (Å²) >= 11 is 0. The highest BCUT2D eigenvalue weighted by Crippen LogP contribution is 2.38. The molecular formula is C16H30O3Si. The van der Waals surface area contributed by atoms with E-state index in [-0.39, 0.29) is 29.1 Å². The highest BCUT2D eigenvalue weighted by Gasteiger charge is 2.40. The molecule has 4 heteroatoms. The number of carbonyl (C=O) groups excluding carboxylic acids is 1. The average molecular weight is 298 g/mol. The van der Waals surface area contributed by atoms with E-state index in [1.54, 1.807) is 19.1 Å². The lowest BCUT2D eigenvalue weighted by atomic mass is 10.1. The number of ether oxygens (including phenoxy) is 1. The molecule has 0 spiro atoms. The zero-order valence-electron chi connectivity index (χ0n) is 14.0. The minimum atomic E-state index is -1.95. The van der Waals surface area contributed by atoms with Crippen molar-refractivity contribution in [3.8, 4) is 0 Å². The van der Waals surface area contributed by atoms with Crippen LogP contribution >= 0.6 is 0 Å². The van der Waals surface area contributed by atoms with Crippen molar-refractivity contribution in [2.75, 3.05) is 0 Å². The summed E-state index contributed by atoms with van der Waals surface area (Å²) in [5, 5.41) is 0.0896. The summed E-state index contributed by atoms with van der Waals surface area (Å²) in [7, 11) is -1.95. The molecule has 0 aliphatic rings. The number of rotatable bonds is 7. The molecule has 0 heterocycles. The van der Waals surface area contributed by atoms with Gasteiger partial charge in [0.2, 0.25) is 0 Å². The van der Waals surface area contributed by atoms with Crippen molar-refractivity contribution in [3.05, 3.63) is 25.3 Å². The normalized spacial score (nSPS) is 16.9.